The van der Waals surface area contributed by atoms with E-state index in [2.05, 4.69) is 5.32 Å². The van der Waals surface area contributed by atoms with E-state index in [4.69, 9.17) is 16.7 Å². The summed E-state index contributed by atoms with van der Waals surface area (Å²) in [6, 6.07) is 6.13. The van der Waals surface area contributed by atoms with Crippen LogP contribution in [0.25, 0.3) is 0 Å². The summed E-state index contributed by atoms with van der Waals surface area (Å²) in [7, 11) is -3.92. The van der Waals surface area contributed by atoms with Gasteiger partial charge in [0.05, 0.1) is 26.4 Å². The standard InChI is InChI=1S/C13H9ClN4O7S/c14-12-10(5-8(17(20)21)6-11(12)18(22)23)13(19)16-7-1-3-9(4-2-7)26(15,24)25/h1-6H,(H,16,19)(H2,15,24,25). The van der Waals surface area contributed by atoms with E-state index in [0.717, 1.165) is 18.2 Å². The highest BCUT2D eigenvalue weighted by Gasteiger charge is 2.26. The number of nitrogens with two attached hydrogens (primary N) is 1. The van der Waals surface area contributed by atoms with E-state index in [-0.39, 0.29) is 10.6 Å². The van der Waals surface area contributed by atoms with Crippen LogP contribution in [0.5, 0.6) is 0 Å². The lowest BCUT2D eigenvalue weighted by molar-refractivity contribution is -0.394. The molecule has 0 fully saturated rings. The van der Waals surface area contributed by atoms with Crippen molar-refractivity contribution in [2.24, 2.45) is 5.14 Å². The quantitative estimate of drug-likeness (QED) is 0.569. The molecule has 0 radical (unpaired) electrons. The molecule has 136 valence electrons. The molecule has 0 aliphatic rings. The van der Waals surface area contributed by atoms with Crippen LogP contribution >= 0.6 is 11.6 Å². The van der Waals surface area contributed by atoms with Crippen molar-refractivity contribution >= 4 is 44.6 Å². The highest BCUT2D eigenvalue weighted by molar-refractivity contribution is 7.89. The van der Waals surface area contributed by atoms with Gasteiger partial charge in [-0.2, -0.15) is 0 Å². The third kappa shape index (κ3) is 4.11. The summed E-state index contributed by atoms with van der Waals surface area (Å²) in [6.45, 7) is 0. The average Bonchev–Trinajstić information content (AvgIpc) is 2.54. The van der Waals surface area contributed by atoms with Gasteiger partial charge in [-0.1, -0.05) is 11.6 Å². The Morgan fingerprint density at radius 2 is 1.65 bits per heavy atom. The molecule has 0 aliphatic heterocycles. The summed E-state index contributed by atoms with van der Waals surface area (Å²) in [5, 5.41) is 28.5. The summed E-state index contributed by atoms with van der Waals surface area (Å²) in [5.74, 6) is -0.954. The summed E-state index contributed by atoms with van der Waals surface area (Å²) >= 11 is 5.81. The molecule has 11 nitrogen and oxygen atoms in total. The molecule has 0 heterocycles. The highest BCUT2D eigenvalue weighted by atomic mass is 35.5. The number of nitrogens with one attached hydrogen (secondary N) is 1. The summed E-state index contributed by atoms with van der Waals surface area (Å²) < 4.78 is 22.4. The minimum Gasteiger partial charge on any atom is -0.322 e. The molecule has 0 saturated carbocycles. The fourth-order valence-corrected chi connectivity index (χ4v) is 2.70. The van der Waals surface area contributed by atoms with Crippen molar-refractivity contribution in [3.8, 4) is 0 Å². The fraction of sp³-hybridized carbons (Fsp3) is 0. The van der Waals surface area contributed by atoms with E-state index in [0.29, 0.717) is 6.07 Å². The largest absolute Gasteiger partial charge is 0.322 e. The van der Waals surface area contributed by atoms with Gasteiger partial charge in [0.25, 0.3) is 17.3 Å². The number of nitro benzene ring substituents is 2. The van der Waals surface area contributed by atoms with Gasteiger partial charge in [-0.05, 0) is 24.3 Å². The summed E-state index contributed by atoms with van der Waals surface area (Å²) in [5.41, 5.74) is -1.85. The predicted octanol–water partition coefficient (Wildman–Crippen LogP) is 2.06. The first-order chi connectivity index (χ1) is 12.0. The van der Waals surface area contributed by atoms with E-state index in [9.17, 15) is 33.4 Å². The molecule has 0 bridgehead atoms. The Kier molecular flexibility index (Phi) is 5.20. The Bertz CT molecular complexity index is 1020. The van der Waals surface area contributed by atoms with E-state index in [1.807, 2.05) is 0 Å². The second-order valence-electron chi connectivity index (χ2n) is 4.86. The predicted molar refractivity (Wildman–Crippen MR) is 90.5 cm³/mol. The van der Waals surface area contributed by atoms with Crippen molar-refractivity contribution in [2.75, 3.05) is 5.32 Å². The van der Waals surface area contributed by atoms with Crippen LogP contribution in [0, 0.1) is 20.2 Å². The van der Waals surface area contributed by atoms with Crippen LogP contribution in [0.1, 0.15) is 10.4 Å². The molecule has 2 aromatic carbocycles. The Balaban J connectivity index is 2.40. The second-order valence-corrected chi connectivity index (χ2v) is 6.80. The Morgan fingerprint density at radius 1 is 1.08 bits per heavy atom. The van der Waals surface area contributed by atoms with Crippen LogP contribution in [0.15, 0.2) is 41.3 Å². The summed E-state index contributed by atoms with van der Waals surface area (Å²) in [4.78, 5) is 32.1. The number of nitrogens with zero attached hydrogens (tertiary/aromatic N) is 2. The molecule has 3 N–H and O–H groups in total. The minimum absolute atomic E-state index is 0.118. The van der Waals surface area contributed by atoms with Crippen molar-refractivity contribution in [1.29, 1.82) is 0 Å². The van der Waals surface area contributed by atoms with Crippen LogP contribution in [-0.2, 0) is 10.0 Å². The number of halogens is 1. The van der Waals surface area contributed by atoms with E-state index in [1.165, 1.54) is 12.1 Å². The summed E-state index contributed by atoms with van der Waals surface area (Å²) in [6.07, 6.45) is 0. The van der Waals surface area contributed by atoms with Gasteiger partial charge >= 0.3 is 0 Å². The van der Waals surface area contributed by atoms with Crippen molar-refractivity contribution in [2.45, 2.75) is 4.90 Å². The number of sulfonamides is 1. The van der Waals surface area contributed by atoms with Gasteiger partial charge in [0.1, 0.15) is 5.02 Å². The van der Waals surface area contributed by atoms with Crippen molar-refractivity contribution in [3.63, 3.8) is 0 Å². The maximum Gasteiger partial charge on any atom is 0.295 e. The first-order valence-electron chi connectivity index (χ1n) is 6.57. The van der Waals surface area contributed by atoms with E-state index in [1.54, 1.807) is 0 Å². The van der Waals surface area contributed by atoms with Gasteiger partial charge in [-0.25, -0.2) is 13.6 Å². The highest BCUT2D eigenvalue weighted by Crippen LogP contribution is 2.33. The van der Waals surface area contributed by atoms with Gasteiger partial charge in [0.2, 0.25) is 10.0 Å². The number of hydrogen-bond donors (Lipinski definition) is 2. The number of anilines is 1. The molecular formula is C13H9ClN4O7S. The lowest BCUT2D eigenvalue weighted by atomic mass is 10.1. The molecule has 2 rings (SSSR count). The number of primary sulfonamides is 1. The third-order valence-corrected chi connectivity index (χ3v) is 4.46. The van der Waals surface area contributed by atoms with Crippen LogP contribution in [0.4, 0.5) is 17.1 Å². The maximum atomic E-state index is 12.3. The Labute approximate surface area is 150 Å². The molecule has 0 unspecified atom stereocenters. The molecule has 26 heavy (non-hydrogen) atoms. The van der Waals surface area contributed by atoms with Gasteiger partial charge in [0, 0.05) is 11.8 Å². The van der Waals surface area contributed by atoms with Crippen LogP contribution in [0.3, 0.4) is 0 Å². The number of non-ortho nitro benzene ring substituents is 1. The first kappa shape index (κ1) is 19.2. The minimum atomic E-state index is -3.92. The zero-order chi connectivity index (χ0) is 19.6. The number of carbonyl (C=O) groups is 1. The number of amides is 1. The van der Waals surface area contributed by atoms with Crippen molar-refractivity contribution < 1.29 is 23.1 Å². The van der Waals surface area contributed by atoms with Crippen LogP contribution in [-0.4, -0.2) is 24.2 Å². The zero-order valence-corrected chi connectivity index (χ0v) is 14.2. The smallest absolute Gasteiger partial charge is 0.295 e. The van der Waals surface area contributed by atoms with E-state index < -0.39 is 47.7 Å². The van der Waals surface area contributed by atoms with Gasteiger partial charge in [-0.3, -0.25) is 25.0 Å². The molecule has 0 aromatic heterocycles. The fourth-order valence-electron chi connectivity index (χ4n) is 1.92. The third-order valence-electron chi connectivity index (χ3n) is 3.13. The number of benzene rings is 2. The molecular weight excluding hydrogens is 392 g/mol. The molecule has 1 amide bonds. The molecule has 0 atom stereocenters. The maximum absolute atomic E-state index is 12.3. The van der Waals surface area contributed by atoms with Crippen molar-refractivity contribution in [1.82, 2.24) is 0 Å². The first-order valence-corrected chi connectivity index (χ1v) is 8.49. The number of carbonyl (C=O) groups excluding carboxylic acids is 1. The molecule has 0 aliphatic carbocycles. The van der Waals surface area contributed by atoms with Crippen LogP contribution in [0.2, 0.25) is 5.02 Å². The average molecular weight is 401 g/mol. The topological polar surface area (TPSA) is 176 Å². The van der Waals surface area contributed by atoms with Crippen molar-refractivity contribution in [3.05, 3.63) is 67.2 Å². The van der Waals surface area contributed by atoms with Gasteiger partial charge in [-0.15, -0.1) is 0 Å². The number of nitro groups is 2. The Morgan fingerprint density at radius 3 is 2.12 bits per heavy atom. The number of hydrogen-bond acceptors (Lipinski definition) is 7. The SMILES string of the molecule is NS(=O)(=O)c1ccc(NC(=O)c2cc([N+](=O)[O-])cc([N+](=O)[O-])c2Cl)cc1. The lowest BCUT2D eigenvalue weighted by Crippen LogP contribution is -2.15. The van der Waals surface area contributed by atoms with Gasteiger partial charge < -0.3 is 5.32 Å². The second kappa shape index (κ2) is 7.03. The normalized spacial score (nSPS) is 11.0. The lowest BCUT2D eigenvalue weighted by Gasteiger charge is -2.08. The molecule has 0 saturated heterocycles. The zero-order valence-electron chi connectivity index (χ0n) is 12.6. The molecule has 2 aromatic rings. The number of rotatable bonds is 5. The van der Waals surface area contributed by atoms with E-state index >= 15 is 0 Å². The Hall–Kier alpha value is -3.09. The monoisotopic (exact) mass is 400 g/mol. The van der Waals surface area contributed by atoms with Crippen LogP contribution < -0.4 is 10.5 Å². The molecule has 13 heteroatoms. The van der Waals surface area contributed by atoms with Gasteiger partial charge in [0.15, 0.2) is 0 Å². The molecule has 0 spiro atoms.